The van der Waals surface area contributed by atoms with Crippen molar-refractivity contribution in [3.63, 3.8) is 0 Å². The van der Waals surface area contributed by atoms with E-state index < -0.39 is 0 Å². The molecule has 3 rings (SSSR count). The minimum absolute atomic E-state index is 0.216. The Morgan fingerprint density at radius 2 is 2.06 bits per heavy atom. The average molecular weight is 235 g/mol. The minimum Gasteiger partial charge on any atom is -0.325 e. The molecule has 5 unspecified atom stereocenters. The van der Waals surface area contributed by atoms with E-state index in [1.807, 2.05) is 0 Å². The summed E-state index contributed by atoms with van der Waals surface area (Å²) < 4.78 is 0. The lowest BCUT2D eigenvalue weighted by atomic mass is 9.69. The molecule has 3 saturated carbocycles. The Balaban J connectivity index is 1.59. The van der Waals surface area contributed by atoms with Crippen molar-refractivity contribution in [3.05, 3.63) is 0 Å². The summed E-state index contributed by atoms with van der Waals surface area (Å²) in [6.45, 7) is 2.34. The van der Waals surface area contributed by atoms with Crippen molar-refractivity contribution in [2.24, 2.45) is 29.4 Å². The third kappa shape index (κ3) is 2.41. The molecule has 3 fully saturated rings. The Labute approximate surface area is 107 Å². The molecule has 0 aromatic heterocycles. The van der Waals surface area contributed by atoms with Gasteiger partial charge in [-0.2, -0.15) is 0 Å². The van der Waals surface area contributed by atoms with E-state index in [2.05, 4.69) is 6.92 Å². The summed E-state index contributed by atoms with van der Waals surface area (Å²) in [7, 11) is 0. The van der Waals surface area contributed by atoms with Crippen molar-refractivity contribution >= 4 is 0 Å². The largest absolute Gasteiger partial charge is 0.325 e. The fourth-order valence-electron chi connectivity index (χ4n) is 5.20. The normalized spacial score (nSPS) is 49.8. The third-order valence-electron chi connectivity index (χ3n) is 6.11. The van der Waals surface area contributed by atoms with Crippen LogP contribution in [-0.4, -0.2) is 5.54 Å². The summed E-state index contributed by atoms with van der Waals surface area (Å²) >= 11 is 0. The number of nitrogens with two attached hydrogens (primary N) is 1. The average Bonchev–Trinajstić information content (AvgIpc) is 2.90. The lowest BCUT2D eigenvalue weighted by Crippen LogP contribution is -2.46. The molecule has 0 saturated heterocycles. The van der Waals surface area contributed by atoms with Crippen molar-refractivity contribution in [2.75, 3.05) is 0 Å². The van der Waals surface area contributed by atoms with Gasteiger partial charge in [0.2, 0.25) is 0 Å². The second-order valence-corrected chi connectivity index (χ2v) is 7.37. The van der Waals surface area contributed by atoms with Crippen LogP contribution >= 0.6 is 0 Å². The van der Waals surface area contributed by atoms with Gasteiger partial charge in [0.15, 0.2) is 0 Å². The molecule has 0 aliphatic heterocycles. The highest BCUT2D eigenvalue weighted by Crippen LogP contribution is 2.52. The third-order valence-corrected chi connectivity index (χ3v) is 6.11. The van der Waals surface area contributed by atoms with E-state index in [0.717, 1.165) is 23.7 Å². The number of fused-ring (bicyclic) bond motifs is 2. The van der Waals surface area contributed by atoms with Crippen LogP contribution in [0.15, 0.2) is 0 Å². The molecule has 0 aromatic rings. The topological polar surface area (TPSA) is 26.0 Å². The van der Waals surface area contributed by atoms with E-state index in [0.29, 0.717) is 0 Å². The van der Waals surface area contributed by atoms with E-state index in [1.54, 1.807) is 0 Å². The maximum atomic E-state index is 6.74. The van der Waals surface area contributed by atoms with Gasteiger partial charge < -0.3 is 5.73 Å². The second-order valence-electron chi connectivity index (χ2n) is 7.37. The molecule has 2 bridgehead atoms. The number of hydrogen-bond acceptors (Lipinski definition) is 1. The molecule has 0 heterocycles. The van der Waals surface area contributed by atoms with Gasteiger partial charge in [0.25, 0.3) is 0 Å². The zero-order chi connectivity index (χ0) is 11.9. The molecule has 0 amide bonds. The van der Waals surface area contributed by atoms with Crippen molar-refractivity contribution < 1.29 is 0 Å². The van der Waals surface area contributed by atoms with Gasteiger partial charge in [-0.05, 0) is 62.2 Å². The second kappa shape index (κ2) is 4.57. The first-order valence-corrected chi connectivity index (χ1v) is 7.97. The van der Waals surface area contributed by atoms with Crippen LogP contribution in [0.1, 0.15) is 71.1 Å². The Bertz CT molecular complexity index is 275. The van der Waals surface area contributed by atoms with Gasteiger partial charge in [0, 0.05) is 5.54 Å². The first-order chi connectivity index (χ1) is 8.18. The summed E-state index contributed by atoms with van der Waals surface area (Å²) in [6.07, 6.45) is 14.2. The van der Waals surface area contributed by atoms with Crippen LogP contribution in [0.3, 0.4) is 0 Å². The first kappa shape index (κ1) is 12.0. The van der Waals surface area contributed by atoms with E-state index in [4.69, 9.17) is 5.73 Å². The highest BCUT2D eigenvalue weighted by molar-refractivity contribution is 4.98. The predicted molar refractivity (Wildman–Crippen MR) is 72.7 cm³/mol. The highest BCUT2D eigenvalue weighted by atomic mass is 14.8. The summed E-state index contributed by atoms with van der Waals surface area (Å²) in [4.78, 5) is 0. The molecule has 3 aliphatic rings. The van der Waals surface area contributed by atoms with Crippen LogP contribution in [0.4, 0.5) is 0 Å². The molecule has 1 nitrogen and oxygen atoms in total. The zero-order valence-electron chi connectivity index (χ0n) is 11.5. The fraction of sp³-hybridized carbons (Fsp3) is 1.00. The molecule has 0 aromatic carbocycles. The molecular formula is C16H29N. The molecule has 0 radical (unpaired) electrons. The maximum Gasteiger partial charge on any atom is 0.0159 e. The Morgan fingerprint density at radius 3 is 2.71 bits per heavy atom. The lowest BCUT2D eigenvalue weighted by molar-refractivity contribution is 0.159. The maximum absolute atomic E-state index is 6.74. The number of hydrogen-bond donors (Lipinski definition) is 1. The van der Waals surface area contributed by atoms with Crippen molar-refractivity contribution in [3.8, 4) is 0 Å². The van der Waals surface area contributed by atoms with E-state index in [-0.39, 0.29) is 5.54 Å². The van der Waals surface area contributed by atoms with Crippen LogP contribution in [0.2, 0.25) is 0 Å². The van der Waals surface area contributed by atoms with Crippen LogP contribution in [0.25, 0.3) is 0 Å². The fourth-order valence-corrected chi connectivity index (χ4v) is 5.20. The lowest BCUT2D eigenvalue weighted by Gasteiger charge is -2.41. The Morgan fingerprint density at radius 1 is 1.18 bits per heavy atom. The summed E-state index contributed by atoms with van der Waals surface area (Å²) in [5.74, 6) is 4.06. The van der Waals surface area contributed by atoms with Crippen molar-refractivity contribution in [1.29, 1.82) is 0 Å². The van der Waals surface area contributed by atoms with E-state index >= 15 is 0 Å². The first-order valence-electron chi connectivity index (χ1n) is 7.97. The molecule has 1 heteroatoms. The summed E-state index contributed by atoms with van der Waals surface area (Å²) in [5.41, 5.74) is 6.95. The highest BCUT2D eigenvalue weighted by Gasteiger charge is 2.43. The Kier molecular flexibility index (Phi) is 3.23. The predicted octanol–water partition coefficient (Wildman–Crippen LogP) is 4.11. The summed E-state index contributed by atoms with van der Waals surface area (Å²) in [6, 6.07) is 0. The molecule has 3 aliphatic carbocycles. The SMILES string of the molecule is CCC1CCCC(N)(CC2CC3CCC2C3)C1. The molecule has 0 spiro atoms. The smallest absolute Gasteiger partial charge is 0.0159 e. The van der Waals surface area contributed by atoms with Crippen LogP contribution in [0.5, 0.6) is 0 Å². The number of rotatable bonds is 3. The van der Waals surface area contributed by atoms with Crippen LogP contribution in [0, 0.1) is 23.7 Å². The standard InChI is InChI=1S/C16H29N/c1-2-12-4-3-7-16(17,10-12)11-15-9-13-5-6-14(15)8-13/h12-15H,2-11,17H2,1H3. The van der Waals surface area contributed by atoms with E-state index in [1.165, 1.54) is 64.2 Å². The van der Waals surface area contributed by atoms with Crippen molar-refractivity contribution in [2.45, 2.75) is 76.7 Å². The Hall–Kier alpha value is -0.0400. The van der Waals surface area contributed by atoms with Gasteiger partial charge in [-0.15, -0.1) is 0 Å². The van der Waals surface area contributed by atoms with Gasteiger partial charge in [0.05, 0.1) is 0 Å². The van der Waals surface area contributed by atoms with Gasteiger partial charge in [0.1, 0.15) is 0 Å². The van der Waals surface area contributed by atoms with Crippen LogP contribution < -0.4 is 5.73 Å². The zero-order valence-corrected chi connectivity index (χ0v) is 11.5. The minimum atomic E-state index is 0.216. The van der Waals surface area contributed by atoms with Gasteiger partial charge >= 0.3 is 0 Å². The summed E-state index contributed by atoms with van der Waals surface area (Å²) in [5, 5.41) is 0. The molecular weight excluding hydrogens is 206 g/mol. The van der Waals surface area contributed by atoms with Crippen LogP contribution in [-0.2, 0) is 0 Å². The monoisotopic (exact) mass is 235 g/mol. The van der Waals surface area contributed by atoms with Gasteiger partial charge in [-0.3, -0.25) is 0 Å². The van der Waals surface area contributed by atoms with E-state index in [9.17, 15) is 0 Å². The molecule has 2 N–H and O–H groups in total. The molecule has 5 atom stereocenters. The van der Waals surface area contributed by atoms with Gasteiger partial charge in [-0.1, -0.05) is 32.6 Å². The quantitative estimate of drug-likeness (QED) is 0.782. The van der Waals surface area contributed by atoms with Gasteiger partial charge in [-0.25, -0.2) is 0 Å². The molecule has 98 valence electrons. The molecule has 17 heavy (non-hydrogen) atoms. The van der Waals surface area contributed by atoms with Crippen molar-refractivity contribution in [1.82, 2.24) is 0 Å².